The number of nitrogens with zero attached hydrogens (tertiary/aromatic N) is 4. The second-order valence-electron chi connectivity index (χ2n) is 9.27. The van der Waals surface area contributed by atoms with E-state index in [2.05, 4.69) is 81.4 Å². The standard InChI is InChI=1S/C30H33N5O/c1-2-23-12-14-24(15-13-23)27-22-26(29(33-27)25-8-4-3-5-9-25)10-6-11-28(36)34-18-20-35(21-19-34)30-31-16-7-17-32-30/h3-5,7-9,12-17,22,33H,2,6,10-11,18-21H2,1H3. The molecule has 1 aliphatic heterocycles. The summed E-state index contributed by atoms with van der Waals surface area (Å²) >= 11 is 0. The van der Waals surface area contributed by atoms with E-state index < -0.39 is 0 Å². The number of anilines is 1. The van der Waals surface area contributed by atoms with Gasteiger partial charge in [0.1, 0.15) is 0 Å². The minimum absolute atomic E-state index is 0.232. The Morgan fingerprint density at radius 1 is 0.889 bits per heavy atom. The van der Waals surface area contributed by atoms with E-state index >= 15 is 0 Å². The van der Waals surface area contributed by atoms with Gasteiger partial charge in [0.25, 0.3) is 0 Å². The number of aromatic nitrogens is 3. The van der Waals surface area contributed by atoms with Crippen LogP contribution >= 0.6 is 0 Å². The van der Waals surface area contributed by atoms with Crippen LogP contribution in [0.25, 0.3) is 22.5 Å². The summed E-state index contributed by atoms with van der Waals surface area (Å²) in [7, 11) is 0. The smallest absolute Gasteiger partial charge is 0.225 e. The number of hydrogen-bond acceptors (Lipinski definition) is 4. The minimum Gasteiger partial charge on any atom is -0.354 e. The molecule has 6 nitrogen and oxygen atoms in total. The molecule has 3 heterocycles. The van der Waals surface area contributed by atoms with Gasteiger partial charge in [-0.2, -0.15) is 0 Å². The maximum atomic E-state index is 12.9. The number of benzene rings is 2. The summed E-state index contributed by atoms with van der Waals surface area (Å²) in [6.07, 6.45) is 6.80. The lowest BCUT2D eigenvalue weighted by Gasteiger charge is -2.34. The van der Waals surface area contributed by atoms with Gasteiger partial charge in [-0.3, -0.25) is 4.79 Å². The highest BCUT2D eigenvalue weighted by molar-refractivity contribution is 5.77. The van der Waals surface area contributed by atoms with Crippen LogP contribution in [0.2, 0.25) is 0 Å². The Labute approximate surface area is 213 Å². The quantitative estimate of drug-likeness (QED) is 0.369. The van der Waals surface area contributed by atoms with Gasteiger partial charge >= 0.3 is 0 Å². The van der Waals surface area contributed by atoms with Crippen molar-refractivity contribution in [2.75, 3.05) is 31.1 Å². The third-order valence-corrected chi connectivity index (χ3v) is 6.94. The molecule has 2 aromatic heterocycles. The van der Waals surface area contributed by atoms with Crippen molar-refractivity contribution < 1.29 is 4.79 Å². The van der Waals surface area contributed by atoms with E-state index in [-0.39, 0.29) is 5.91 Å². The summed E-state index contributed by atoms with van der Waals surface area (Å²) in [5, 5.41) is 0. The van der Waals surface area contributed by atoms with Crippen molar-refractivity contribution in [2.24, 2.45) is 0 Å². The van der Waals surface area contributed by atoms with Gasteiger partial charge in [0.2, 0.25) is 11.9 Å². The van der Waals surface area contributed by atoms with Gasteiger partial charge in [-0.1, -0.05) is 61.5 Å². The van der Waals surface area contributed by atoms with E-state index in [0.717, 1.165) is 49.7 Å². The molecule has 6 heteroatoms. The number of amides is 1. The monoisotopic (exact) mass is 479 g/mol. The summed E-state index contributed by atoms with van der Waals surface area (Å²) in [6.45, 7) is 5.15. The lowest BCUT2D eigenvalue weighted by atomic mass is 10.0. The topological polar surface area (TPSA) is 65.1 Å². The molecule has 5 rings (SSSR count). The van der Waals surface area contributed by atoms with Gasteiger partial charge in [-0.05, 0) is 53.6 Å². The Hall–Kier alpha value is -3.93. The van der Waals surface area contributed by atoms with E-state index in [0.29, 0.717) is 19.5 Å². The van der Waals surface area contributed by atoms with Crippen molar-refractivity contribution in [1.29, 1.82) is 0 Å². The number of carbonyl (C=O) groups excluding carboxylic acids is 1. The van der Waals surface area contributed by atoms with E-state index in [1.807, 2.05) is 17.0 Å². The predicted molar refractivity (Wildman–Crippen MR) is 145 cm³/mol. The molecule has 0 aliphatic carbocycles. The average Bonchev–Trinajstić information content (AvgIpc) is 3.38. The Morgan fingerprint density at radius 2 is 1.61 bits per heavy atom. The van der Waals surface area contributed by atoms with Gasteiger partial charge in [-0.25, -0.2) is 9.97 Å². The number of aromatic amines is 1. The average molecular weight is 480 g/mol. The molecule has 1 saturated heterocycles. The van der Waals surface area contributed by atoms with Crippen LogP contribution in [0.5, 0.6) is 0 Å². The van der Waals surface area contributed by atoms with Gasteiger partial charge in [0, 0.05) is 56.4 Å². The zero-order valence-electron chi connectivity index (χ0n) is 20.9. The molecule has 0 unspecified atom stereocenters. The fourth-order valence-corrected chi connectivity index (χ4v) is 4.83. The third kappa shape index (κ3) is 5.48. The second kappa shape index (κ2) is 11.2. The molecule has 36 heavy (non-hydrogen) atoms. The van der Waals surface area contributed by atoms with Crippen LogP contribution in [0.3, 0.4) is 0 Å². The number of rotatable bonds is 8. The van der Waals surface area contributed by atoms with E-state index in [1.165, 1.54) is 22.3 Å². The first kappa shape index (κ1) is 23.8. The lowest BCUT2D eigenvalue weighted by Crippen LogP contribution is -2.49. The van der Waals surface area contributed by atoms with Crippen molar-refractivity contribution in [2.45, 2.75) is 32.6 Å². The molecule has 1 N–H and O–H groups in total. The van der Waals surface area contributed by atoms with Gasteiger partial charge in [0.15, 0.2) is 0 Å². The van der Waals surface area contributed by atoms with Crippen LogP contribution in [0.15, 0.2) is 79.1 Å². The fraction of sp³-hybridized carbons (Fsp3) is 0.300. The van der Waals surface area contributed by atoms with E-state index in [9.17, 15) is 4.79 Å². The molecule has 4 aromatic rings. The third-order valence-electron chi connectivity index (χ3n) is 6.94. The highest BCUT2D eigenvalue weighted by Gasteiger charge is 2.22. The molecule has 0 bridgehead atoms. The number of nitrogens with one attached hydrogen (secondary N) is 1. The number of H-pyrrole nitrogens is 1. The van der Waals surface area contributed by atoms with Crippen LogP contribution in [0, 0.1) is 0 Å². The van der Waals surface area contributed by atoms with Gasteiger partial charge < -0.3 is 14.8 Å². The molecule has 0 radical (unpaired) electrons. The Bertz CT molecular complexity index is 1260. The number of aryl methyl sites for hydroxylation is 2. The molecular formula is C30H33N5O. The highest BCUT2D eigenvalue weighted by Crippen LogP contribution is 2.30. The summed E-state index contributed by atoms with van der Waals surface area (Å²) in [4.78, 5) is 29.4. The first-order chi connectivity index (χ1) is 17.7. The Balaban J connectivity index is 1.22. The zero-order valence-corrected chi connectivity index (χ0v) is 20.9. The fourth-order valence-electron chi connectivity index (χ4n) is 4.83. The highest BCUT2D eigenvalue weighted by atomic mass is 16.2. The predicted octanol–water partition coefficient (Wildman–Crippen LogP) is 5.37. The summed E-state index contributed by atoms with van der Waals surface area (Å²) in [5.41, 5.74) is 7.23. The van der Waals surface area contributed by atoms with Gasteiger partial charge in [0.05, 0.1) is 0 Å². The van der Waals surface area contributed by atoms with Crippen LogP contribution in [-0.4, -0.2) is 51.9 Å². The summed E-state index contributed by atoms with van der Waals surface area (Å²) in [5.74, 6) is 0.974. The molecule has 184 valence electrons. The number of carbonyl (C=O) groups is 1. The Morgan fingerprint density at radius 3 is 2.31 bits per heavy atom. The largest absolute Gasteiger partial charge is 0.354 e. The molecule has 1 amide bonds. The molecule has 1 fully saturated rings. The first-order valence-corrected chi connectivity index (χ1v) is 12.9. The van der Waals surface area contributed by atoms with Crippen molar-refractivity contribution in [3.8, 4) is 22.5 Å². The lowest BCUT2D eigenvalue weighted by molar-refractivity contribution is -0.131. The van der Waals surface area contributed by atoms with Crippen molar-refractivity contribution >= 4 is 11.9 Å². The van der Waals surface area contributed by atoms with Crippen LogP contribution in [0.1, 0.15) is 30.9 Å². The van der Waals surface area contributed by atoms with Crippen LogP contribution < -0.4 is 4.90 Å². The zero-order chi connectivity index (χ0) is 24.7. The second-order valence-corrected chi connectivity index (χ2v) is 9.27. The molecular weight excluding hydrogens is 446 g/mol. The van der Waals surface area contributed by atoms with E-state index in [1.54, 1.807) is 12.4 Å². The summed E-state index contributed by atoms with van der Waals surface area (Å²) in [6, 6.07) is 23.3. The molecule has 1 aliphatic rings. The maximum Gasteiger partial charge on any atom is 0.225 e. The van der Waals surface area contributed by atoms with Crippen LogP contribution in [0.4, 0.5) is 5.95 Å². The normalized spacial score (nSPS) is 13.7. The van der Waals surface area contributed by atoms with Crippen molar-refractivity contribution in [1.82, 2.24) is 19.9 Å². The molecule has 0 atom stereocenters. The van der Waals surface area contributed by atoms with Crippen molar-refractivity contribution in [3.63, 3.8) is 0 Å². The minimum atomic E-state index is 0.232. The first-order valence-electron chi connectivity index (χ1n) is 12.9. The number of hydrogen-bond donors (Lipinski definition) is 1. The molecule has 2 aromatic carbocycles. The Kier molecular flexibility index (Phi) is 7.41. The summed E-state index contributed by atoms with van der Waals surface area (Å²) < 4.78 is 0. The maximum absolute atomic E-state index is 12.9. The number of piperazine rings is 1. The van der Waals surface area contributed by atoms with E-state index in [4.69, 9.17) is 0 Å². The van der Waals surface area contributed by atoms with Crippen LogP contribution in [-0.2, 0) is 17.6 Å². The SMILES string of the molecule is CCc1ccc(-c2cc(CCCC(=O)N3CCN(c4ncccn4)CC3)c(-c3ccccc3)[nH]2)cc1. The van der Waals surface area contributed by atoms with Crippen molar-refractivity contribution in [3.05, 3.63) is 90.3 Å². The molecule has 0 saturated carbocycles. The molecule has 0 spiro atoms. The van der Waals surface area contributed by atoms with Gasteiger partial charge in [-0.15, -0.1) is 0 Å².